The van der Waals surface area contributed by atoms with E-state index in [0.717, 1.165) is 16.1 Å². The number of hydrogen-bond acceptors (Lipinski definition) is 2. The SMILES string of the molecule is Cc1nc2c(-c3ccccc3C(C)(C)C)[c]ccc2s1. The van der Waals surface area contributed by atoms with Gasteiger partial charge in [-0.15, -0.1) is 11.3 Å². The summed E-state index contributed by atoms with van der Waals surface area (Å²) < 4.78 is 1.24. The maximum Gasteiger partial charge on any atom is 0.0908 e. The Morgan fingerprint density at radius 1 is 1.10 bits per heavy atom. The van der Waals surface area contributed by atoms with E-state index >= 15 is 0 Å². The van der Waals surface area contributed by atoms with Gasteiger partial charge in [-0.2, -0.15) is 0 Å². The molecule has 20 heavy (non-hydrogen) atoms. The van der Waals surface area contributed by atoms with Crippen LogP contribution in [0.25, 0.3) is 21.3 Å². The molecule has 0 aliphatic carbocycles. The van der Waals surface area contributed by atoms with Gasteiger partial charge in [0.15, 0.2) is 0 Å². The molecule has 0 aliphatic rings. The minimum atomic E-state index is 0.109. The van der Waals surface area contributed by atoms with Gasteiger partial charge in [0, 0.05) is 5.56 Å². The van der Waals surface area contributed by atoms with Gasteiger partial charge < -0.3 is 0 Å². The van der Waals surface area contributed by atoms with Gasteiger partial charge in [-0.3, -0.25) is 0 Å². The quantitative estimate of drug-likeness (QED) is 0.584. The molecule has 3 aromatic rings. The highest BCUT2D eigenvalue weighted by molar-refractivity contribution is 7.18. The van der Waals surface area contributed by atoms with Crippen LogP contribution in [-0.4, -0.2) is 4.98 Å². The molecule has 2 aromatic carbocycles. The fourth-order valence-electron chi connectivity index (χ4n) is 2.56. The summed E-state index contributed by atoms with van der Waals surface area (Å²) in [5.41, 5.74) is 4.90. The third-order valence-electron chi connectivity index (χ3n) is 3.46. The second-order valence-corrected chi connectivity index (χ2v) is 7.33. The molecule has 0 atom stereocenters. The molecule has 0 amide bonds. The van der Waals surface area contributed by atoms with Gasteiger partial charge in [0.05, 0.1) is 15.2 Å². The van der Waals surface area contributed by atoms with Crippen molar-refractivity contribution < 1.29 is 0 Å². The smallest absolute Gasteiger partial charge is 0.0908 e. The van der Waals surface area contributed by atoms with E-state index in [4.69, 9.17) is 4.98 Å². The van der Waals surface area contributed by atoms with E-state index in [1.54, 1.807) is 11.3 Å². The van der Waals surface area contributed by atoms with Crippen molar-refractivity contribution in [3.05, 3.63) is 53.0 Å². The molecule has 1 aromatic heterocycles. The number of benzene rings is 2. The van der Waals surface area contributed by atoms with Gasteiger partial charge in [0.25, 0.3) is 0 Å². The molecule has 3 rings (SSSR count). The van der Waals surface area contributed by atoms with Crippen LogP contribution >= 0.6 is 11.3 Å². The molecule has 0 bridgehead atoms. The van der Waals surface area contributed by atoms with Gasteiger partial charge in [-0.05, 0) is 35.6 Å². The molecule has 0 spiro atoms. The Morgan fingerprint density at radius 3 is 2.60 bits per heavy atom. The first-order valence-corrected chi connectivity index (χ1v) is 7.66. The van der Waals surface area contributed by atoms with E-state index in [-0.39, 0.29) is 5.41 Å². The third kappa shape index (κ3) is 2.25. The van der Waals surface area contributed by atoms with Crippen molar-refractivity contribution in [3.63, 3.8) is 0 Å². The maximum atomic E-state index is 4.70. The van der Waals surface area contributed by atoms with Crippen molar-refractivity contribution in [1.29, 1.82) is 0 Å². The second kappa shape index (κ2) is 4.71. The number of aromatic nitrogens is 1. The Bertz CT molecular complexity index is 762. The van der Waals surface area contributed by atoms with E-state index in [0.29, 0.717) is 0 Å². The highest BCUT2D eigenvalue weighted by Gasteiger charge is 2.20. The first-order chi connectivity index (χ1) is 9.47. The van der Waals surface area contributed by atoms with Crippen LogP contribution in [0.3, 0.4) is 0 Å². The number of hydrogen-bond donors (Lipinski definition) is 0. The second-order valence-electron chi connectivity index (χ2n) is 6.09. The van der Waals surface area contributed by atoms with Crippen molar-refractivity contribution >= 4 is 21.6 Å². The molecule has 101 valence electrons. The van der Waals surface area contributed by atoms with E-state index in [1.165, 1.54) is 15.8 Å². The largest absolute Gasteiger partial charge is 0.241 e. The van der Waals surface area contributed by atoms with Crippen molar-refractivity contribution in [2.75, 3.05) is 0 Å². The van der Waals surface area contributed by atoms with Crippen LogP contribution in [0.1, 0.15) is 31.3 Å². The summed E-state index contributed by atoms with van der Waals surface area (Å²) in [6, 6.07) is 16.1. The summed E-state index contributed by atoms with van der Waals surface area (Å²) in [5.74, 6) is 0. The number of aryl methyl sites for hydroxylation is 1. The molecule has 0 aliphatic heterocycles. The number of nitrogens with zero attached hydrogens (tertiary/aromatic N) is 1. The lowest BCUT2D eigenvalue weighted by Crippen LogP contribution is -2.12. The zero-order valence-corrected chi connectivity index (χ0v) is 13.1. The Kier molecular flexibility index (Phi) is 3.14. The Labute approximate surface area is 124 Å². The average molecular weight is 280 g/mol. The predicted molar refractivity (Wildman–Crippen MR) is 87.3 cm³/mol. The molecular weight excluding hydrogens is 262 g/mol. The summed E-state index contributed by atoms with van der Waals surface area (Å²) in [4.78, 5) is 4.70. The summed E-state index contributed by atoms with van der Waals surface area (Å²) in [7, 11) is 0. The molecule has 1 heterocycles. The minimum absolute atomic E-state index is 0.109. The van der Waals surface area contributed by atoms with Crippen LogP contribution in [0.5, 0.6) is 0 Å². The van der Waals surface area contributed by atoms with Crippen LogP contribution in [0.4, 0.5) is 0 Å². The van der Waals surface area contributed by atoms with Gasteiger partial charge in [0.2, 0.25) is 0 Å². The monoisotopic (exact) mass is 280 g/mol. The van der Waals surface area contributed by atoms with Crippen LogP contribution in [0.15, 0.2) is 36.4 Å². The molecule has 0 fully saturated rings. The third-order valence-corrected chi connectivity index (χ3v) is 4.40. The van der Waals surface area contributed by atoms with Crippen LogP contribution < -0.4 is 0 Å². The van der Waals surface area contributed by atoms with Crippen molar-refractivity contribution in [3.8, 4) is 11.1 Å². The molecule has 0 unspecified atom stereocenters. The molecule has 1 radical (unpaired) electrons. The lowest BCUT2D eigenvalue weighted by Gasteiger charge is -2.23. The summed E-state index contributed by atoms with van der Waals surface area (Å²) >= 11 is 1.74. The predicted octanol–water partition coefficient (Wildman–Crippen LogP) is 5.37. The Hall–Kier alpha value is -1.67. The van der Waals surface area contributed by atoms with E-state index in [1.807, 2.05) is 6.07 Å². The number of rotatable bonds is 1. The highest BCUT2D eigenvalue weighted by atomic mass is 32.1. The lowest BCUT2D eigenvalue weighted by atomic mass is 9.82. The van der Waals surface area contributed by atoms with Gasteiger partial charge in [0.1, 0.15) is 0 Å². The van der Waals surface area contributed by atoms with E-state index < -0.39 is 0 Å². The average Bonchev–Trinajstić information content (AvgIpc) is 2.77. The summed E-state index contributed by atoms with van der Waals surface area (Å²) in [6.45, 7) is 8.80. The van der Waals surface area contributed by atoms with E-state index in [2.05, 4.69) is 64.1 Å². The van der Waals surface area contributed by atoms with Crippen LogP contribution in [-0.2, 0) is 5.41 Å². The Balaban J connectivity index is 2.32. The normalized spacial score (nSPS) is 12.0. The minimum Gasteiger partial charge on any atom is -0.241 e. The fraction of sp³-hybridized carbons (Fsp3) is 0.278. The standard InChI is InChI=1S/C18H18NS/c1-12-19-17-14(9-7-11-16(17)20-12)13-8-5-6-10-15(13)18(2,3)4/h5-8,10-11H,1-4H3. The fourth-order valence-corrected chi connectivity index (χ4v) is 3.40. The number of thiazole rings is 1. The van der Waals surface area contributed by atoms with Gasteiger partial charge in [-0.1, -0.05) is 51.1 Å². The Morgan fingerprint density at radius 2 is 1.85 bits per heavy atom. The maximum absolute atomic E-state index is 4.70. The molecule has 0 saturated carbocycles. The molecule has 0 saturated heterocycles. The topological polar surface area (TPSA) is 12.9 Å². The first kappa shape index (κ1) is 13.3. The molecule has 2 heteroatoms. The van der Waals surface area contributed by atoms with Gasteiger partial charge >= 0.3 is 0 Å². The van der Waals surface area contributed by atoms with E-state index in [9.17, 15) is 0 Å². The summed E-state index contributed by atoms with van der Waals surface area (Å²) in [6.07, 6.45) is 0. The zero-order chi connectivity index (χ0) is 14.3. The first-order valence-electron chi connectivity index (χ1n) is 6.84. The van der Waals surface area contributed by atoms with Gasteiger partial charge in [-0.25, -0.2) is 4.98 Å². The van der Waals surface area contributed by atoms with Crippen LogP contribution in [0.2, 0.25) is 0 Å². The lowest BCUT2D eigenvalue weighted by molar-refractivity contribution is 0.592. The van der Waals surface area contributed by atoms with Crippen LogP contribution in [0, 0.1) is 13.0 Å². The number of fused-ring (bicyclic) bond motifs is 1. The molecule has 1 nitrogen and oxygen atoms in total. The van der Waals surface area contributed by atoms with Crippen molar-refractivity contribution in [1.82, 2.24) is 4.98 Å². The molecule has 0 N–H and O–H groups in total. The zero-order valence-electron chi connectivity index (χ0n) is 12.3. The molecular formula is C18H18NS. The summed E-state index contributed by atoms with van der Waals surface area (Å²) in [5, 5.41) is 1.11. The van der Waals surface area contributed by atoms with Crippen molar-refractivity contribution in [2.24, 2.45) is 0 Å². The van der Waals surface area contributed by atoms with Crippen molar-refractivity contribution in [2.45, 2.75) is 33.1 Å². The highest BCUT2D eigenvalue weighted by Crippen LogP contribution is 2.37.